The van der Waals surface area contributed by atoms with Crippen LogP contribution < -0.4 is 10.6 Å². The molecule has 1 amide bonds. The monoisotopic (exact) mass is 526 g/mol. The van der Waals surface area contributed by atoms with Gasteiger partial charge in [-0.3, -0.25) is 13.9 Å². The highest BCUT2D eigenvalue weighted by Gasteiger charge is 2.33. The van der Waals surface area contributed by atoms with Gasteiger partial charge in [-0.05, 0) is 61.1 Å². The van der Waals surface area contributed by atoms with Crippen LogP contribution in [0.5, 0.6) is 0 Å². The molecule has 2 aromatic carbocycles. The van der Waals surface area contributed by atoms with Crippen LogP contribution in [-0.2, 0) is 23.4 Å². The zero-order chi connectivity index (χ0) is 26.7. The van der Waals surface area contributed by atoms with Gasteiger partial charge in [0.05, 0.1) is 41.7 Å². The molecule has 0 saturated carbocycles. The average Bonchev–Trinajstić information content (AvgIpc) is 2.80. The smallest absolute Gasteiger partial charge is 0.228 e. The van der Waals surface area contributed by atoms with E-state index in [1.807, 2.05) is 25.1 Å². The fraction of sp³-hybridized carbons (Fsp3) is 0.500. The van der Waals surface area contributed by atoms with Crippen molar-refractivity contribution < 1.29 is 32.9 Å². The number of aliphatic hydroxyl groups is 2. The molecule has 0 aromatic heterocycles. The van der Waals surface area contributed by atoms with Gasteiger partial charge in [0.15, 0.2) is 0 Å². The molecule has 2 aromatic rings. The minimum absolute atomic E-state index is 0.0295. The molecule has 200 valence electrons. The molecule has 0 fully saturated rings. The highest BCUT2D eigenvalue weighted by atomic mass is 32.3. The summed E-state index contributed by atoms with van der Waals surface area (Å²) in [7, 11) is -2.86. The van der Waals surface area contributed by atoms with Crippen LogP contribution in [-0.4, -0.2) is 56.3 Å². The number of carbonyl (C=O) groups is 1. The lowest BCUT2D eigenvalue weighted by Crippen LogP contribution is -2.53. The van der Waals surface area contributed by atoms with Crippen molar-refractivity contribution in [2.75, 3.05) is 18.9 Å². The van der Waals surface area contributed by atoms with Crippen LogP contribution in [0.25, 0.3) is 0 Å². The summed E-state index contributed by atoms with van der Waals surface area (Å²) in [5.41, 5.74) is 1.98. The van der Waals surface area contributed by atoms with E-state index >= 15 is 0 Å². The fourth-order valence-electron chi connectivity index (χ4n) is 4.26. The van der Waals surface area contributed by atoms with Crippen LogP contribution in [0.2, 0.25) is 0 Å². The van der Waals surface area contributed by atoms with E-state index in [-0.39, 0.29) is 30.0 Å². The Balaban J connectivity index is 1.81. The number of aryl methyl sites for hydroxylation is 1. The third-order valence-electron chi connectivity index (χ3n) is 6.56. The lowest BCUT2D eigenvalue weighted by Gasteiger charge is -2.42. The van der Waals surface area contributed by atoms with Gasteiger partial charge in [-0.1, -0.05) is 25.1 Å². The number of hydrogen-bond acceptors (Lipinski definition) is 6. The minimum Gasteiger partial charge on any atom is -0.395 e. The quantitative estimate of drug-likeness (QED) is 0.282. The SMILES string of the molecule is CCc1ccc2c(c1)[C@@H](NC[C@@H](O)[C@H](Cc1cc(F)cc(F)c1)NC(=O)C(C)(C)CO)CS(O)(O)C2. The van der Waals surface area contributed by atoms with Gasteiger partial charge < -0.3 is 20.8 Å². The molecule has 0 spiro atoms. The topological polar surface area (TPSA) is 122 Å². The van der Waals surface area contributed by atoms with E-state index in [9.17, 15) is 32.9 Å². The van der Waals surface area contributed by atoms with Gasteiger partial charge in [0.25, 0.3) is 0 Å². The van der Waals surface area contributed by atoms with Crippen LogP contribution in [0.1, 0.15) is 49.1 Å². The Morgan fingerprint density at radius 3 is 2.42 bits per heavy atom. The van der Waals surface area contributed by atoms with Gasteiger partial charge in [-0.25, -0.2) is 8.78 Å². The first-order valence-corrected chi connectivity index (χ1v) is 13.9. The van der Waals surface area contributed by atoms with Crippen molar-refractivity contribution in [1.82, 2.24) is 10.6 Å². The maximum atomic E-state index is 13.8. The number of aliphatic hydroxyl groups excluding tert-OH is 2. The molecule has 0 unspecified atom stereocenters. The van der Waals surface area contributed by atoms with Crippen molar-refractivity contribution in [3.8, 4) is 0 Å². The average molecular weight is 527 g/mol. The van der Waals surface area contributed by atoms with Gasteiger partial charge in [0.2, 0.25) is 5.91 Å². The number of fused-ring (bicyclic) bond motifs is 1. The fourth-order valence-corrected chi connectivity index (χ4v) is 5.97. The Labute approximate surface area is 212 Å². The van der Waals surface area contributed by atoms with Crippen LogP contribution in [0.4, 0.5) is 8.78 Å². The lowest BCUT2D eigenvalue weighted by molar-refractivity contribution is -0.132. The molecule has 0 aliphatic carbocycles. The van der Waals surface area contributed by atoms with Crippen molar-refractivity contribution >= 4 is 16.5 Å². The molecule has 0 radical (unpaired) electrons. The standard InChI is InChI=1S/C26H36F2N2O5S/c1-4-16-5-6-18-13-36(34,35)14-23(21(18)9-16)29-12-24(32)22(30-25(33)26(2,3)15-31)10-17-7-19(27)11-20(28)8-17/h5-9,11,22-24,29,31-32,34-35H,4,10,12-15H2,1-3H3,(H,30,33)/t22-,23-,24+/m0/s1. The number of nitrogens with one attached hydrogen (secondary N) is 2. The van der Waals surface area contributed by atoms with E-state index in [0.717, 1.165) is 41.3 Å². The summed E-state index contributed by atoms with van der Waals surface area (Å²) in [6, 6.07) is 7.53. The highest BCUT2D eigenvalue weighted by Crippen LogP contribution is 2.50. The molecule has 3 atom stereocenters. The number of hydrogen-bond donors (Lipinski definition) is 6. The molecule has 1 aliphatic heterocycles. The molecule has 3 rings (SSSR count). The second-order valence-electron chi connectivity index (χ2n) is 10.1. The van der Waals surface area contributed by atoms with Gasteiger partial charge in [-0.2, -0.15) is 10.6 Å². The Morgan fingerprint density at radius 1 is 1.14 bits per heavy atom. The number of carbonyl (C=O) groups excluding carboxylic acids is 1. The van der Waals surface area contributed by atoms with E-state index in [0.29, 0.717) is 0 Å². The third-order valence-corrected chi connectivity index (χ3v) is 8.20. The van der Waals surface area contributed by atoms with E-state index in [1.54, 1.807) is 13.8 Å². The normalized spacial score (nSPS) is 19.8. The molecular weight excluding hydrogens is 490 g/mol. The highest BCUT2D eigenvalue weighted by molar-refractivity contribution is 8.23. The number of amides is 1. The first kappa shape index (κ1) is 28.5. The summed E-state index contributed by atoms with van der Waals surface area (Å²) in [4.78, 5) is 12.7. The maximum absolute atomic E-state index is 13.8. The lowest BCUT2D eigenvalue weighted by atomic mass is 9.92. The predicted molar refractivity (Wildman–Crippen MR) is 137 cm³/mol. The van der Waals surface area contributed by atoms with Crippen molar-refractivity contribution in [3.05, 3.63) is 70.3 Å². The van der Waals surface area contributed by atoms with Gasteiger partial charge in [0.1, 0.15) is 11.6 Å². The molecule has 1 aliphatic rings. The zero-order valence-electron chi connectivity index (χ0n) is 20.8. The predicted octanol–water partition coefficient (Wildman–Crippen LogP) is 3.53. The number of benzene rings is 2. The summed E-state index contributed by atoms with van der Waals surface area (Å²) in [5, 5.41) is 26.5. The molecule has 10 heteroatoms. The second kappa shape index (κ2) is 11.5. The third kappa shape index (κ3) is 7.24. The number of halogens is 2. The molecule has 6 N–H and O–H groups in total. The van der Waals surface area contributed by atoms with E-state index in [4.69, 9.17) is 0 Å². The van der Waals surface area contributed by atoms with Crippen LogP contribution >= 0.6 is 10.6 Å². The molecule has 0 saturated heterocycles. The summed E-state index contributed by atoms with van der Waals surface area (Å²) >= 11 is 0. The molecule has 1 heterocycles. The summed E-state index contributed by atoms with van der Waals surface area (Å²) in [6.45, 7) is 4.66. The Kier molecular flexibility index (Phi) is 9.13. The Bertz CT molecular complexity index is 1060. The zero-order valence-corrected chi connectivity index (χ0v) is 21.6. The maximum Gasteiger partial charge on any atom is 0.228 e. The molecule has 0 bridgehead atoms. The van der Waals surface area contributed by atoms with Gasteiger partial charge in [-0.15, -0.1) is 0 Å². The summed E-state index contributed by atoms with van der Waals surface area (Å²) < 4.78 is 48.5. The molecule has 36 heavy (non-hydrogen) atoms. The van der Waals surface area contributed by atoms with E-state index in [2.05, 4.69) is 10.6 Å². The van der Waals surface area contributed by atoms with E-state index in [1.165, 1.54) is 0 Å². The van der Waals surface area contributed by atoms with Crippen LogP contribution in [0.15, 0.2) is 36.4 Å². The van der Waals surface area contributed by atoms with Crippen molar-refractivity contribution in [3.63, 3.8) is 0 Å². The molecular formula is C26H36F2N2O5S. The largest absolute Gasteiger partial charge is 0.395 e. The minimum atomic E-state index is -2.86. The summed E-state index contributed by atoms with van der Waals surface area (Å²) in [6.07, 6.45) is -0.421. The second-order valence-corrected chi connectivity index (χ2v) is 12.4. The first-order valence-electron chi connectivity index (χ1n) is 12.0. The van der Waals surface area contributed by atoms with Gasteiger partial charge in [0, 0.05) is 12.6 Å². The van der Waals surface area contributed by atoms with Gasteiger partial charge >= 0.3 is 0 Å². The molecule has 7 nitrogen and oxygen atoms in total. The van der Waals surface area contributed by atoms with Crippen LogP contribution in [0.3, 0.4) is 0 Å². The Hall–Kier alpha value is -2.08. The summed E-state index contributed by atoms with van der Waals surface area (Å²) in [5.74, 6) is -1.80. The first-order chi connectivity index (χ1) is 16.8. The van der Waals surface area contributed by atoms with Crippen molar-refractivity contribution in [1.29, 1.82) is 0 Å². The van der Waals surface area contributed by atoms with E-state index < -0.39 is 58.3 Å². The van der Waals surface area contributed by atoms with Crippen LogP contribution in [0, 0.1) is 17.0 Å². The number of rotatable bonds is 10. The van der Waals surface area contributed by atoms with Crippen molar-refractivity contribution in [2.45, 2.75) is 57.6 Å². The van der Waals surface area contributed by atoms with Crippen molar-refractivity contribution in [2.24, 2.45) is 5.41 Å². The Morgan fingerprint density at radius 2 is 1.81 bits per heavy atom.